The van der Waals surface area contributed by atoms with E-state index in [4.69, 9.17) is 4.74 Å². The van der Waals surface area contributed by atoms with Crippen LogP contribution in [0.15, 0.2) is 48.7 Å². The molecule has 0 radical (unpaired) electrons. The molecule has 2 N–H and O–H groups in total. The number of aromatic nitrogens is 2. The van der Waals surface area contributed by atoms with E-state index in [2.05, 4.69) is 26.9 Å². The topological polar surface area (TPSA) is 76.1 Å². The molecule has 1 unspecified atom stereocenters. The molecule has 6 nitrogen and oxygen atoms in total. The summed E-state index contributed by atoms with van der Waals surface area (Å²) in [5.41, 5.74) is 3.00. The van der Waals surface area contributed by atoms with Crippen LogP contribution in [0.25, 0.3) is 16.5 Å². The molecule has 3 aromatic rings. The molecule has 188 valence electrons. The van der Waals surface area contributed by atoms with Crippen molar-refractivity contribution in [3.63, 3.8) is 0 Å². The van der Waals surface area contributed by atoms with Crippen LogP contribution in [0, 0.1) is 11.7 Å². The average molecular weight is 497 g/mol. The molecule has 1 fully saturated rings. The van der Waals surface area contributed by atoms with Crippen molar-refractivity contribution in [2.75, 3.05) is 18.5 Å². The normalized spacial score (nSPS) is 19.0. The van der Waals surface area contributed by atoms with Crippen molar-refractivity contribution in [2.24, 2.45) is 5.92 Å². The number of nitrogens with one attached hydrogen (secondary N) is 2. The lowest BCUT2D eigenvalue weighted by molar-refractivity contribution is -0.129. The van der Waals surface area contributed by atoms with Crippen molar-refractivity contribution < 1.29 is 22.7 Å². The van der Waals surface area contributed by atoms with Crippen LogP contribution in [0.1, 0.15) is 55.3 Å². The molecule has 2 heterocycles. The molecule has 0 saturated carbocycles. The van der Waals surface area contributed by atoms with Crippen molar-refractivity contribution in [2.45, 2.75) is 44.7 Å². The second-order valence-electron chi connectivity index (χ2n) is 9.35. The van der Waals surface area contributed by atoms with Gasteiger partial charge in [-0.3, -0.25) is 4.79 Å². The van der Waals surface area contributed by atoms with E-state index in [9.17, 15) is 18.0 Å². The highest BCUT2D eigenvalue weighted by atomic mass is 19.3. The van der Waals surface area contributed by atoms with E-state index >= 15 is 0 Å². The Balaban J connectivity index is 1.35. The monoisotopic (exact) mass is 496 g/mol. The highest BCUT2D eigenvalue weighted by Gasteiger charge is 2.27. The molecule has 1 amide bonds. The van der Waals surface area contributed by atoms with E-state index in [0.717, 1.165) is 35.4 Å². The summed E-state index contributed by atoms with van der Waals surface area (Å²) in [4.78, 5) is 12.5. The molecule has 2 aromatic carbocycles. The summed E-state index contributed by atoms with van der Waals surface area (Å²) in [6.45, 7) is 2.88. The number of ether oxygens (including phenoxy) is 1. The number of nitrogens with zero attached hydrogens (tertiary/aromatic N) is 2. The Morgan fingerprint density at radius 3 is 2.67 bits per heavy atom. The van der Waals surface area contributed by atoms with Gasteiger partial charge in [0.2, 0.25) is 5.91 Å². The number of hydrogen-bond acceptors (Lipinski definition) is 5. The molecule has 2 atom stereocenters. The summed E-state index contributed by atoms with van der Waals surface area (Å²) in [5, 5.41) is 15.3. The zero-order valence-corrected chi connectivity index (χ0v) is 19.8. The zero-order valence-electron chi connectivity index (χ0n) is 19.8. The summed E-state index contributed by atoms with van der Waals surface area (Å²) >= 11 is 0. The second-order valence-corrected chi connectivity index (χ2v) is 9.35. The zero-order chi connectivity index (χ0) is 25.2. The number of carbonyl (C=O) groups is 1. The Kier molecular flexibility index (Phi) is 6.91. The average Bonchev–Trinajstić information content (AvgIpc) is 2.86. The lowest BCUT2D eigenvalue weighted by Gasteiger charge is -2.29. The minimum absolute atomic E-state index is 0.0438. The largest absolute Gasteiger partial charge is 0.377 e. The van der Waals surface area contributed by atoms with Crippen molar-refractivity contribution in [1.29, 1.82) is 0 Å². The van der Waals surface area contributed by atoms with E-state index in [1.807, 2.05) is 18.2 Å². The third kappa shape index (κ3) is 4.93. The van der Waals surface area contributed by atoms with Crippen LogP contribution in [0.4, 0.5) is 18.9 Å². The highest BCUT2D eigenvalue weighted by molar-refractivity contribution is 5.93. The summed E-state index contributed by atoms with van der Waals surface area (Å²) in [6, 6.07) is 9.44. The first-order valence-corrected chi connectivity index (χ1v) is 12.1. The van der Waals surface area contributed by atoms with Gasteiger partial charge in [-0.05, 0) is 49.5 Å². The van der Waals surface area contributed by atoms with Gasteiger partial charge in [-0.2, -0.15) is 10.2 Å². The smallest absolute Gasteiger partial charge is 0.266 e. The summed E-state index contributed by atoms with van der Waals surface area (Å²) < 4.78 is 46.1. The van der Waals surface area contributed by atoms with E-state index in [0.29, 0.717) is 30.8 Å². The van der Waals surface area contributed by atoms with Crippen LogP contribution in [-0.2, 0) is 9.53 Å². The van der Waals surface area contributed by atoms with Crippen LogP contribution in [-0.4, -0.2) is 35.4 Å². The van der Waals surface area contributed by atoms with Gasteiger partial charge in [0.25, 0.3) is 6.43 Å². The molecule has 5 rings (SSSR count). The lowest BCUT2D eigenvalue weighted by atomic mass is 9.85. The van der Waals surface area contributed by atoms with Crippen molar-refractivity contribution >= 4 is 28.1 Å². The number of allylic oxidation sites excluding steroid dienone is 2. The van der Waals surface area contributed by atoms with Gasteiger partial charge in [-0.25, -0.2) is 13.2 Å². The van der Waals surface area contributed by atoms with Gasteiger partial charge in [0.1, 0.15) is 5.82 Å². The fourth-order valence-electron chi connectivity index (χ4n) is 4.73. The van der Waals surface area contributed by atoms with Crippen molar-refractivity contribution in [3.05, 3.63) is 71.2 Å². The maximum absolute atomic E-state index is 14.7. The number of anilines is 1. The van der Waals surface area contributed by atoms with E-state index in [1.165, 1.54) is 12.1 Å². The van der Waals surface area contributed by atoms with Gasteiger partial charge < -0.3 is 15.4 Å². The van der Waals surface area contributed by atoms with Crippen molar-refractivity contribution in [3.8, 4) is 0 Å². The van der Waals surface area contributed by atoms with Gasteiger partial charge in [0.15, 0.2) is 0 Å². The van der Waals surface area contributed by atoms with Gasteiger partial charge in [-0.1, -0.05) is 30.3 Å². The Hall–Kier alpha value is -3.46. The third-order valence-electron chi connectivity index (χ3n) is 6.91. The first kappa shape index (κ1) is 24.2. The number of carbonyl (C=O) groups excluding carboxylic acids is 1. The van der Waals surface area contributed by atoms with Crippen LogP contribution >= 0.6 is 0 Å². The van der Waals surface area contributed by atoms with E-state index in [-0.39, 0.29) is 23.4 Å². The maximum Gasteiger partial charge on any atom is 0.266 e. The molecular formula is C27H27F3N4O2. The minimum atomic E-state index is -2.88. The number of halogens is 3. The Bertz CT molecular complexity index is 1310. The lowest BCUT2D eigenvalue weighted by Crippen LogP contribution is -2.50. The second kappa shape index (κ2) is 10.3. The van der Waals surface area contributed by atoms with E-state index < -0.39 is 23.8 Å². The van der Waals surface area contributed by atoms with Gasteiger partial charge in [0, 0.05) is 16.9 Å². The summed E-state index contributed by atoms with van der Waals surface area (Å²) in [6.07, 6.45) is 2.99. The van der Waals surface area contributed by atoms with Gasteiger partial charge >= 0.3 is 0 Å². The molecule has 0 spiro atoms. The number of hydrogen-bond donors (Lipinski definition) is 2. The van der Waals surface area contributed by atoms with Crippen LogP contribution in [0.5, 0.6) is 0 Å². The predicted octanol–water partition coefficient (Wildman–Crippen LogP) is 5.58. The number of fused-ring (bicyclic) bond motifs is 1. The van der Waals surface area contributed by atoms with Crippen LogP contribution in [0.2, 0.25) is 0 Å². The molecule has 36 heavy (non-hydrogen) atoms. The quantitative estimate of drug-likeness (QED) is 0.447. The Morgan fingerprint density at radius 1 is 1.17 bits per heavy atom. The highest BCUT2D eigenvalue weighted by Crippen LogP contribution is 2.34. The number of rotatable bonds is 7. The number of benzene rings is 2. The summed E-state index contributed by atoms with van der Waals surface area (Å²) in [7, 11) is 0. The molecular weight excluding hydrogens is 469 g/mol. The minimum Gasteiger partial charge on any atom is -0.377 e. The summed E-state index contributed by atoms with van der Waals surface area (Å²) in [5.74, 6) is -0.871. The Labute approximate surface area is 206 Å². The number of amides is 1. The predicted molar refractivity (Wildman–Crippen MR) is 131 cm³/mol. The van der Waals surface area contributed by atoms with Crippen LogP contribution < -0.4 is 10.6 Å². The molecule has 2 aliphatic rings. The maximum atomic E-state index is 14.7. The van der Waals surface area contributed by atoms with Gasteiger partial charge in [0.05, 0.1) is 48.3 Å². The molecule has 1 aliphatic heterocycles. The Morgan fingerprint density at radius 2 is 1.97 bits per heavy atom. The SMILES string of the molecule is C[C@@H](Nc1cnnc2ccc(C3=CCC(C(=O)NC4COC4)CC3)cc12)c1cccc(C(F)F)c1F. The molecule has 9 heteroatoms. The third-order valence-corrected chi connectivity index (χ3v) is 6.91. The fourth-order valence-corrected chi connectivity index (χ4v) is 4.73. The fraction of sp³-hybridized carbons (Fsp3) is 0.370. The number of alkyl halides is 2. The van der Waals surface area contributed by atoms with E-state index in [1.54, 1.807) is 13.1 Å². The van der Waals surface area contributed by atoms with Crippen LogP contribution in [0.3, 0.4) is 0 Å². The molecule has 1 aromatic heterocycles. The standard InChI is InChI=1S/C27H27F3N4O2/c1-15(20-3-2-4-21(25(20)28)26(29)30)32-24-12-31-34-23-10-9-18(11-22(23)24)16-5-7-17(8-6-16)27(35)33-19-13-36-14-19/h2-5,9-12,15,17,19,26H,6-8,13-14H2,1H3,(H,32,34)(H,33,35)/t15-,17?/m1/s1. The molecule has 1 aliphatic carbocycles. The van der Waals surface area contributed by atoms with Gasteiger partial charge in [-0.15, -0.1) is 0 Å². The molecule has 1 saturated heterocycles. The molecule has 0 bridgehead atoms. The van der Waals surface area contributed by atoms with Crippen molar-refractivity contribution in [1.82, 2.24) is 15.5 Å². The first-order valence-electron chi connectivity index (χ1n) is 12.1. The first-order chi connectivity index (χ1) is 17.4.